The van der Waals surface area contributed by atoms with Gasteiger partial charge in [0.25, 0.3) is 5.91 Å². The van der Waals surface area contributed by atoms with Crippen LogP contribution in [0.1, 0.15) is 28.8 Å². The van der Waals surface area contributed by atoms with Crippen molar-refractivity contribution < 1.29 is 4.79 Å². The summed E-state index contributed by atoms with van der Waals surface area (Å²) < 4.78 is 0.985. The lowest BCUT2D eigenvalue weighted by molar-refractivity contribution is 0.0916. The summed E-state index contributed by atoms with van der Waals surface area (Å²) in [5.41, 5.74) is 1.77. The number of nitrogens with zero attached hydrogens (tertiary/aromatic N) is 1. The van der Waals surface area contributed by atoms with Crippen molar-refractivity contribution in [2.45, 2.75) is 25.8 Å². The van der Waals surface area contributed by atoms with E-state index in [-0.39, 0.29) is 5.91 Å². The number of carbonyl (C=O) groups is 1. The number of hydrogen-bond donors (Lipinski definition) is 1. The SMILES string of the molecule is Cc1c(Br)cccc1C(=O)NC1CCN(C)CC1. The average molecular weight is 311 g/mol. The summed E-state index contributed by atoms with van der Waals surface area (Å²) in [7, 11) is 2.12. The second-order valence-electron chi connectivity index (χ2n) is 4.96. The Labute approximate surface area is 117 Å². The van der Waals surface area contributed by atoms with Crippen molar-refractivity contribution in [1.29, 1.82) is 0 Å². The van der Waals surface area contributed by atoms with E-state index in [1.807, 2.05) is 25.1 Å². The van der Waals surface area contributed by atoms with Gasteiger partial charge in [-0.3, -0.25) is 4.79 Å². The lowest BCUT2D eigenvalue weighted by atomic mass is 10.0. The minimum atomic E-state index is 0.0448. The summed E-state index contributed by atoms with van der Waals surface area (Å²) in [5.74, 6) is 0.0448. The summed E-state index contributed by atoms with van der Waals surface area (Å²) in [4.78, 5) is 14.5. The molecule has 0 bridgehead atoms. The molecule has 1 heterocycles. The summed E-state index contributed by atoms with van der Waals surface area (Å²) in [5, 5.41) is 3.14. The number of likely N-dealkylation sites (tertiary alicyclic amines) is 1. The first kappa shape index (κ1) is 13.6. The van der Waals surface area contributed by atoms with Crippen molar-refractivity contribution in [2.75, 3.05) is 20.1 Å². The molecule has 1 fully saturated rings. The Morgan fingerprint density at radius 1 is 1.39 bits per heavy atom. The third kappa shape index (κ3) is 3.12. The topological polar surface area (TPSA) is 32.3 Å². The molecule has 4 heteroatoms. The fourth-order valence-electron chi connectivity index (χ4n) is 2.27. The summed E-state index contributed by atoms with van der Waals surface area (Å²) >= 11 is 3.46. The van der Waals surface area contributed by atoms with Gasteiger partial charge in [-0.2, -0.15) is 0 Å². The van der Waals surface area contributed by atoms with Gasteiger partial charge >= 0.3 is 0 Å². The van der Waals surface area contributed by atoms with Crippen molar-refractivity contribution in [2.24, 2.45) is 0 Å². The molecule has 18 heavy (non-hydrogen) atoms. The highest BCUT2D eigenvalue weighted by Crippen LogP contribution is 2.20. The number of halogens is 1. The zero-order chi connectivity index (χ0) is 13.1. The van der Waals surface area contributed by atoms with Crippen LogP contribution in [-0.2, 0) is 0 Å². The number of nitrogens with one attached hydrogen (secondary N) is 1. The molecule has 1 aliphatic rings. The van der Waals surface area contributed by atoms with Crippen LogP contribution in [0.2, 0.25) is 0 Å². The lowest BCUT2D eigenvalue weighted by Gasteiger charge is -2.29. The maximum absolute atomic E-state index is 12.2. The molecule has 3 nitrogen and oxygen atoms in total. The molecule has 1 amide bonds. The second-order valence-corrected chi connectivity index (χ2v) is 5.82. The van der Waals surface area contributed by atoms with Crippen LogP contribution in [-0.4, -0.2) is 37.0 Å². The molecule has 1 saturated heterocycles. The Bertz CT molecular complexity index is 439. The summed E-state index contributed by atoms with van der Waals surface area (Å²) in [6.07, 6.45) is 2.07. The quantitative estimate of drug-likeness (QED) is 0.910. The Morgan fingerprint density at radius 3 is 2.72 bits per heavy atom. The van der Waals surface area contributed by atoms with E-state index in [1.165, 1.54) is 0 Å². The van der Waals surface area contributed by atoms with Crippen LogP contribution in [0.5, 0.6) is 0 Å². The number of hydrogen-bond acceptors (Lipinski definition) is 2. The largest absolute Gasteiger partial charge is 0.349 e. The second kappa shape index (κ2) is 5.85. The first-order valence-corrected chi connectivity index (χ1v) is 7.11. The monoisotopic (exact) mass is 310 g/mol. The van der Waals surface area contributed by atoms with E-state index in [4.69, 9.17) is 0 Å². The third-order valence-electron chi connectivity index (χ3n) is 3.57. The molecule has 1 N–H and O–H groups in total. The lowest BCUT2D eigenvalue weighted by Crippen LogP contribution is -2.43. The van der Waals surface area contributed by atoms with Crippen LogP contribution >= 0.6 is 15.9 Å². The van der Waals surface area contributed by atoms with E-state index in [0.29, 0.717) is 6.04 Å². The molecular formula is C14H19BrN2O. The first-order chi connectivity index (χ1) is 8.58. The minimum Gasteiger partial charge on any atom is -0.349 e. The molecule has 0 saturated carbocycles. The molecule has 0 unspecified atom stereocenters. The maximum atomic E-state index is 12.2. The van der Waals surface area contributed by atoms with Gasteiger partial charge in [-0.1, -0.05) is 22.0 Å². The molecule has 0 spiro atoms. The normalized spacial score (nSPS) is 17.7. The molecule has 0 aliphatic carbocycles. The van der Waals surface area contributed by atoms with Gasteiger partial charge in [0.2, 0.25) is 0 Å². The van der Waals surface area contributed by atoms with Crippen LogP contribution in [0.15, 0.2) is 22.7 Å². The maximum Gasteiger partial charge on any atom is 0.251 e. The molecule has 0 radical (unpaired) electrons. The Hall–Kier alpha value is -0.870. The summed E-state index contributed by atoms with van der Waals surface area (Å²) in [6.45, 7) is 4.08. The van der Waals surface area contributed by atoms with Gasteiger partial charge in [-0.05, 0) is 57.6 Å². The predicted octanol–water partition coefficient (Wildman–Crippen LogP) is 2.58. The number of benzene rings is 1. The Morgan fingerprint density at radius 2 is 2.06 bits per heavy atom. The minimum absolute atomic E-state index is 0.0448. The van der Waals surface area contributed by atoms with Crippen LogP contribution < -0.4 is 5.32 Å². The van der Waals surface area contributed by atoms with Gasteiger partial charge < -0.3 is 10.2 Å². The Kier molecular flexibility index (Phi) is 4.40. The zero-order valence-electron chi connectivity index (χ0n) is 10.9. The van der Waals surface area contributed by atoms with Crippen LogP contribution in [0.25, 0.3) is 0 Å². The van der Waals surface area contributed by atoms with Crippen molar-refractivity contribution in [3.8, 4) is 0 Å². The van der Waals surface area contributed by atoms with E-state index in [9.17, 15) is 4.79 Å². The highest BCUT2D eigenvalue weighted by Gasteiger charge is 2.20. The highest BCUT2D eigenvalue weighted by molar-refractivity contribution is 9.10. The van der Waals surface area contributed by atoms with Gasteiger partial charge in [0.05, 0.1) is 0 Å². The van der Waals surface area contributed by atoms with Crippen molar-refractivity contribution in [3.05, 3.63) is 33.8 Å². The number of carbonyl (C=O) groups excluding carboxylic acids is 1. The average Bonchev–Trinajstić information content (AvgIpc) is 2.35. The van der Waals surface area contributed by atoms with Crippen LogP contribution in [0.3, 0.4) is 0 Å². The predicted molar refractivity (Wildman–Crippen MR) is 76.9 cm³/mol. The molecule has 0 atom stereocenters. The fraction of sp³-hybridized carbons (Fsp3) is 0.500. The van der Waals surface area contributed by atoms with E-state index >= 15 is 0 Å². The summed E-state index contributed by atoms with van der Waals surface area (Å²) in [6, 6.07) is 6.05. The van der Waals surface area contributed by atoms with Crippen LogP contribution in [0, 0.1) is 6.92 Å². The van der Waals surface area contributed by atoms with E-state index in [1.54, 1.807) is 0 Å². The van der Waals surface area contributed by atoms with Gasteiger partial charge in [0, 0.05) is 16.1 Å². The smallest absolute Gasteiger partial charge is 0.251 e. The van der Waals surface area contributed by atoms with Crippen molar-refractivity contribution in [1.82, 2.24) is 10.2 Å². The van der Waals surface area contributed by atoms with E-state index in [2.05, 4.69) is 33.2 Å². The highest BCUT2D eigenvalue weighted by atomic mass is 79.9. The molecular weight excluding hydrogens is 292 g/mol. The van der Waals surface area contributed by atoms with Gasteiger partial charge in [0.15, 0.2) is 0 Å². The van der Waals surface area contributed by atoms with Crippen LogP contribution in [0.4, 0.5) is 0 Å². The number of piperidine rings is 1. The first-order valence-electron chi connectivity index (χ1n) is 6.32. The van der Waals surface area contributed by atoms with E-state index < -0.39 is 0 Å². The van der Waals surface area contributed by atoms with Gasteiger partial charge in [0.1, 0.15) is 0 Å². The Balaban J connectivity index is 2.01. The number of amides is 1. The molecule has 1 aromatic carbocycles. The molecule has 1 aliphatic heterocycles. The third-order valence-corrected chi connectivity index (χ3v) is 4.43. The molecule has 2 rings (SSSR count). The molecule has 1 aromatic rings. The molecule has 98 valence electrons. The van der Waals surface area contributed by atoms with Gasteiger partial charge in [-0.25, -0.2) is 0 Å². The zero-order valence-corrected chi connectivity index (χ0v) is 12.5. The van der Waals surface area contributed by atoms with Gasteiger partial charge in [-0.15, -0.1) is 0 Å². The number of rotatable bonds is 2. The van der Waals surface area contributed by atoms with E-state index in [0.717, 1.165) is 41.5 Å². The van der Waals surface area contributed by atoms with Crippen molar-refractivity contribution >= 4 is 21.8 Å². The standard InChI is InChI=1S/C14H19BrN2O/c1-10-12(4-3-5-13(10)15)14(18)16-11-6-8-17(2)9-7-11/h3-5,11H,6-9H2,1-2H3,(H,16,18). The fourth-order valence-corrected chi connectivity index (χ4v) is 2.64. The van der Waals surface area contributed by atoms with Crippen molar-refractivity contribution in [3.63, 3.8) is 0 Å². The molecule has 0 aromatic heterocycles.